The fraction of sp³-hybridized carbons (Fsp3) is 0.174. The number of amides is 1. The summed E-state index contributed by atoms with van der Waals surface area (Å²) in [6.45, 7) is 2.07. The molecule has 0 unspecified atom stereocenters. The van der Waals surface area contributed by atoms with Crippen molar-refractivity contribution in [1.82, 2.24) is 0 Å². The van der Waals surface area contributed by atoms with Crippen molar-refractivity contribution in [2.45, 2.75) is 17.6 Å². The van der Waals surface area contributed by atoms with E-state index >= 15 is 0 Å². The van der Waals surface area contributed by atoms with Crippen molar-refractivity contribution in [3.8, 4) is 0 Å². The third kappa shape index (κ3) is 5.87. The Bertz CT molecular complexity index is 1130. The highest BCUT2D eigenvalue weighted by Crippen LogP contribution is 2.24. The molecule has 7 heteroatoms. The molecule has 156 valence electrons. The summed E-state index contributed by atoms with van der Waals surface area (Å²) in [6.07, 6.45) is 1.14. The zero-order chi connectivity index (χ0) is 21.7. The molecule has 0 fully saturated rings. The molecule has 0 atom stereocenters. The van der Waals surface area contributed by atoms with Crippen molar-refractivity contribution in [2.24, 2.45) is 0 Å². The second-order valence-electron chi connectivity index (χ2n) is 7.03. The topological polar surface area (TPSA) is 66.5 Å². The maximum Gasteiger partial charge on any atom is 0.255 e. The highest BCUT2D eigenvalue weighted by atomic mass is 32.2. The Kier molecular flexibility index (Phi) is 6.84. The number of nitrogens with one attached hydrogen (secondary N) is 1. The van der Waals surface area contributed by atoms with Crippen LogP contribution in [-0.2, 0) is 15.8 Å². The third-order valence-electron chi connectivity index (χ3n) is 4.61. The largest absolute Gasteiger partial charge is 0.322 e. The lowest BCUT2D eigenvalue weighted by molar-refractivity contribution is 0.102. The number of sulfonamides is 1. The van der Waals surface area contributed by atoms with Gasteiger partial charge >= 0.3 is 0 Å². The maximum atomic E-state index is 12.6. The maximum absolute atomic E-state index is 12.6. The molecule has 3 aromatic carbocycles. The predicted molar refractivity (Wildman–Crippen MR) is 125 cm³/mol. The molecule has 1 N–H and O–H groups in total. The Morgan fingerprint density at radius 2 is 1.67 bits per heavy atom. The van der Waals surface area contributed by atoms with Gasteiger partial charge in [-0.25, -0.2) is 8.42 Å². The van der Waals surface area contributed by atoms with Gasteiger partial charge in [0, 0.05) is 28.9 Å². The molecule has 1 amide bonds. The second-order valence-corrected chi connectivity index (χ2v) is 10.1. The van der Waals surface area contributed by atoms with E-state index in [0.717, 1.165) is 17.6 Å². The molecule has 0 bridgehead atoms. The Morgan fingerprint density at radius 1 is 1.00 bits per heavy atom. The van der Waals surface area contributed by atoms with Gasteiger partial charge in [-0.2, -0.15) is 0 Å². The van der Waals surface area contributed by atoms with Gasteiger partial charge in [-0.05, 0) is 55.0 Å². The summed E-state index contributed by atoms with van der Waals surface area (Å²) in [5.41, 5.74) is 3.93. The van der Waals surface area contributed by atoms with Crippen LogP contribution in [0.2, 0.25) is 0 Å². The van der Waals surface area contributed by atoms with Crippen LogP contribution in [0.3, 0.4) is 0 Å². The van der Waals surface area contributed by atoms with Crippen LogP contribution < -0.4 is 9.62 Å². The number of rotatable bonds is 7. The molecule has 3 rings (SSSR count). The van der Waals surface area contributed by atoms with E-state index in [2.05, 4.69) is 36.5 Å². The molecule has 5 nitrogen and oxygen atoms in total. The molecule has 0 spiro atoms. The number of hydrogen-bond acceptors (Lipinski definition) is 4. The summed E-state index contributed by atoms with van der Waals surface area (Å²) in [5, 5.41) is 2.82. The number of thioether (sulfide) groups is 1. The highest BCUT2D eigenvalue weighted by molar-refractivity contribution is 7.98. The first-order valence-electron chi connectivity index (χ1n) is 9.36. The van der Waals surface area contributed by atoms with Crippen molar-refractivity contribution in [3.05, 3.63) is 89.5 Å². The number of benzene rings is 3. The molecule has 0 aromatic heterocycles. The normalized spacial score (nSPS) is 11.2. The monoisotopic (exact) mass is 440 g/mol. The summed E-state index contributed by atoms with van der Waals surface area (Å²) in [4.78, 5) is 13.8. The fourth-order valence-corrected chi connectivity index (χ4v) is 4.08. The minimum atomic E-state index is -3.37. The Labute approximate surface area is 182 Å². The molecule has 0 saturated heterocycles. The minimum absolute atomic E-state index is 0.244. The average Bonchev–Trinajstić information content (AvgIpc) is 2.72. The first-order valence-corrected chi connectivity index (χ1v) is 12.2. The van der Waals surface area contributed by atoms with E-state index in [0.29, 0.717) is 16.9 Å². The van der Waals surface area contributed by atoms with Crippen molar-refractivity contribution in [3.63, 3.8) is 0 Å². The summed E-state index contributed by atoms with van der Waals surface area (Å²) in [5.74, 6) is 0.581. The lowest BCUT2D eigenvalue weighted by Gasteiger charge is -2.17. The minimum Gasteiger partial charge on any atom is -0.322 e. The smallest absolute Gasteiger partial charge is 0.255 e. The van der Waals surface area contributed by atoms with E-state index in [4.69, 9.17) is 0 Å². The summed E-state index contributed by atoms with van der Waals surface area (Å²) in [6, 6.07) is 22.6. The number of hydrogen-bond donors (Lipinski definition) is 1. The molecule has 3 aromatic rings. The predicted octanol–water partition coefficient (Wildman–Crippen LogP) is 4.94. The van der Waals surface area contributed by atoms with Gasteiger partial charge in [-0.1, -0.05) is 35.9 Å². The number of anilines is 2. The SMILES string of the molecule is Cc1ccc(SCc2ccc(C(=O)Nc3cccc(N(C)S(C)(=O)=O)c3)cc2)cc1. The standard InChI is InChI=1S/C23H24N2O3S2/c1-17-7-13-22(14-8-17)29-16-18-9-11-19(12-10-18)23(26)24-20-5-4-6-21(15-20)25(2)30(3,27)28/h4-15H,16H2,1-3H3,(H,24,26). The van der Waals surface area contributed by atoms with Crippen LogP contribution in [0, 0.1) is 6.92 Å². The molecule has 0 aliphatic heterocycles. The first-order chi connectivity index (χ1) is 14.2. The van der Waals surface area contributed by atoms with Crippen LogP contribution in [0.4, 0.5) is 11.4 Å². The molecule has 0 heterocycles. The number of carbonyl (C=O) groups is 1. The van der Waals surface area contributed by atoms with Crippen LogP contribution in [0.25, 0.3) is 0 Å². The lowest BCUT2D eigenvalue weighted by Crippen LogP contribution is -2.24. The van der Waals surface area contributed by atoms with E-state index in [-0.39, 0.29) is 5.91 Å². The van der Waals surface area contributed by atoms with E-state index < -0.39 is 10.0 Å². The Morgan fingerprint density at radius 3 is 2.30 bits per heavy atom. The Balaban J connectivity index is 1.63. The van der Waals surface area contributed by atoms with Crippen LogP contribution >= 0.6 is 11.8 Å². The van der Waals surface area contributed by atoms with Crippen LogP contribution in [0.5, 0.6) is 0 Å². The molecular formula is C23H24N2O3S2. The summed E-state index contributed by atoms with van der Waals surface area (Å²) >= 11 is 1.75. The van der Waals surface area contributed by atoms with Crippen LogP contribution in [0.1, 0.15) is 21.5 Å². The van der Waals surface area contributed by atoms with Crippen molar-refractivity contribution in [2.75, 3.05) is 22.9 Å². The van der Waals surface area contributed by atoms with Gasteiger partial charge in [0.15, 0.2) is 0 Å². The van der Waals surface area contributed by atoms with E-state index in [9.17, 15) is 13.2 Å². The molecule has 0 aliphatic rings. The molecule has 0 radical (unpaired) electrons. The molecule has 0 aliphatic carbocycles. The molecular weight excluding hydrogens is 416 g/mol. The number of carbonyl (C=O) groups excluding carboxylic acids is 1. The lowest BCUT2D eigenvalue weighted by atomic mass is 10.1. The second kappa shape index (κ2) is 9.36. The van der Waals surface area contributed by atoms with E-state index in [1.165, 1.54) is 21.8 Å². The van der Waals surface area contributed by atoms with Crippen molar-refractivity contribution < 1.29 is 13.2 Å². The van der Waals surface area contributed by atoms with Gasteiger partial charge in [0.05, 0.1) is 11.9 Å². The average molecular weight is 441 g/mol. The van der Waals surface area contributed by atoms with Crippen molar-refractivity contribution >= 4 is 39.1 Å². The van der Waals surface area contributed by atoms with Gasteiger partial charge in [-0.3, -0.25) is 9.10 Å². The van der Waals surface area contributed by atoms with Gasteiger partial charge in [0.1, 0.15) is 0 Å². The van der Waals surface area contributed by atoms with E-state index in [1.54, 1.807) is 48.2 Å². The van der Waals surface area contributed by atoms with Gasteiger partial charge in [0.25, 0.3) is 5.91 Å². The first kappa shape index (κ1) is 21.9. The molecule has 0 saturated carbocycles. The highest BCUT2D eigenvalue weighted by Gasteiger charge is 2.13. The molecule has 30 heavy (non-hydrogen) atoms. The zero-order valence-corrected chi connectivity index (χ0v) is 18.8. The summed E-state index contributed by atoms with van der Waals surface area (Å²) in [7, 11) is -1.89. The third-order valence-corrected chi connectivity index (χ3v) is 6.90. The quantitative estimate of drug-likeness (QED) is 0.529. The van der Waals surface area contributed by atoms with E-state index in [1.807, 2.05) is 12.1 Å². The van der Waals surface area contributed by atoms with Crippen molar-refractivity contribution in [1.29, 1.82) is 0 Å². The summed E-state index contributed by atoms with van der Waals surface area (Å²) < 4.78 is 24.6. The van der Waals surface area contributed by atoms with Gasteiger partial charge < -0.3 is 5.32 Å². The number of aryl methyl sites for hydroxylation is 1. The number of nitrogens with zero attached hydrogens (tertiary/aromatic N) is 1. The zero-order valence-electron chi connectivity index (χ0n) is 17.1. The van der Waals surface area contributed by atoms with Gasteiger partial charge in [0.2, 0.25) is 10.0 Å². The van der Waals surface area contributed by atoms with Gasteiger partial charge in [-0.15, -0.1) is 11.8 Å². The fourth-order valence-electron chi connectivity index (χ4n) is 2.73. The van der Waals surface area contributed by atoms with Crippen LogP contribution in [0.15, 0.2) is 77.7 Å². The van der Waals surface area contributed by atoms with Crippen LogP contribution in [-0.4, -0.2) is 27.6 Å². The Hall–Kier alpha value is -2.77.